The predicted octanol–water partition coefficient (Wildman–Crippen LogP) is 2.07. The highest BCUT2D eigenvalue weighted by atomic mass is 16.5. The Morgan fingerprint density at radius 1 is 1.43 bits per heavy atom. The minimum absolute atomic E-state index is 0.00119. The fraction of sp³-hybridized carbons (Fsp3) is 0.400. The van der Waals surface area contributed by atoms with Gasteiger partial charge in [0.15, 0.2) is 0 Å². The molecular formula is C15H19N3O3. The number of nitrogens with zero attached hydrogens (tertiary/aromatic N) is 1. The van der Waals surface area contributed by atoms with Gasteiger partial charge < -0.3 is 10.1 Å². The van der Waals surface area contributed by atoms with Crippen molar-refractivity contribution in [3.05, 3.63) is 34.6 Å². The summed E-state index contributed by atoms with van der Waals surface area (Å²) in [6.07, 6.45) is 0.940. The van der Waals surface area contributed by atoms with Gasteiger partial charge >= 0.3 is 5.97 Å². The lowest BCUT2D eigenvalue weighted by Crippen LogP contribution is -2.21. The van der Waals surface area contributed by atoms with E-state index in [0.717, 1.165) is 0 Å². The van der Waals surface area contributed by atoms with Crippen molar-refractivity contribution in [2.45, 2.75) is 32.7 Å². The lowest BCUT2D eigenvalue weighted by atomic mass is 10.2. The van der Waals surface area contributed by atoms with Crippen LogP contribution in [0.25, 0.3) is 10.9 Å². The molecule has 1 atom stereocenters. The zero-order chi connectivity index (χ0) is 15.2. The molecule has 1 aromatic carbocycles. The van der Waals surface area contributed by atoms with Crippen molar-refractivity contribution in [3.63, 3.8) is 0 Å². The smallest absolute Gasteiger partial charge is 0.305 e. The summed E-state index contributed by atoms with van der Waals surface area (Å²) in [5, 5.41) is 3.66. The van der Waals surface area contributed by atoms with E-state index >= 15 is 0 Å². The fourth-order valence-electron chi connectivity index (χ4n) is 2.03. The van der Waals surface area contributed by atoms with E-state index in [9.17, 15) is 9.59 Å². The molecule has 2 N–H and O–H groups in total. The van der Waals surface area contributed by atoms with Crippen LogP contribution in [0.2, 0.25) is 0 Å². The van der Waals surface area contributed by atoms with Crippen molar-refractivity contribution in [1.29, 1.82) is 0 Å². The first-order valence-electron chi connectivity index (χ1n) is 7.01. The summed E-state index contributed by atoms with van der Waals surface area (Å²) in [5.41, 5.74) is 0.460. The number of anilines is 1. The zero-order valence-electron chi connectivity index (χ0n) is 12.2. The van der Waals surface area contributed by atoms with E-state index in [0.29, 0.717) is 36.3 Å². The molecule has 1 heterocycles. The van der Waals surface area contributed by atoms with Gasteiger partial charge in [-0.25, -0.2) is 4.98 Å². The Kier molecular flexibility index (Phi) is 4.92. The van der Waals surface area contributed by atoms with Crippen LogP contribution in [0.15, 0.2) is 29.1 Å². The summed E-state index contributed by atoms with van der Waals surface area (Å²) in [5.74, 6) is 0.196. The monoisotopic (exact) mass is 289 g/mol. The highest BCUT2D eigenvalue weighted by Crippen LogP contribution is 2.10. The molecule has 0 fully saturated rings. The summed E-state index contributed by atoms with van der Waals surface area (Å²) < 4.78 is 4.88. The van der Waals surface area contributed by atoms with Crippen LogP contribution >= 0.6 is 0 Å². The van der Waals surface area contributed by atoms with Crippen molar-refractivity contribution in [2.24, 2.45) is 0 Å². The molecule has 0 aliphatic rings. The largest absolute Gasteiger partial charge is 0.466 e. The summed E-state index contributed by atoms with van der Waals surface area (Å²) >= 11 is 0. The van der Waals surface area contributed by atoms with Crippen LogP contribution in [-0.4, -0.2) is 28.6 Å². The Labute approximate surface area is 122 Å². The van der Waals surface area contributed by atoms with Crippen LogP contribution in [0.3, 0.4) is 0 Å². The molecule has 6 heteroatoms. The van der Waals surface area contributed by atoms with Gasteiger partial charge in [-0.1, -0.05) is 12.1 Å². The van der Waals surface area contributed by atoms with Crippen molar-refractivity contribution in [2.75, 3.05) is 11.9 Å². The van der Waals surface area contributed by atoms with Crippen LogP contribution in [0.1, 0.15) is 26.7 Å². The lowest BCUT2D eigenvalue weighted by molar-refractivity contribution is -0.143. The number of esters is 1. The number of H-pyrrole nitrogens is 1. The Morgan fingerprint density at radius 2 is 2.19 bits per heavy atom. The number of aromatic amines is 1. The highest BCUT2D eigenvalue weighted by Gasteiger charge is 2.09. The molecule has 0 bridgehead atoms. The number of nitrogens with one attached hydrogen (secondary N) is 2. The summed E-state index contributed by atoms with van der Waals surface area (Å²) in [6, 6.07) is 7.16. The number of aromatic nitrogens is 2. The molecule has 0 spiro atoms. The molecule has 112 valence electrons. The molecule has 2 aromatic rings. The van der Waals surface area contributed by atoms with Crippen molar-refractivity contribution in [1.82, 2.24) is 9.97 Å². The number of carbonyl (C=O) groups is 1. The van der Waals surface area contributed by atoms with Gasteiger partial charge in [-0.2, -0.15) is 0 Å². The molecule has 21 heavy (non-hydrogen) atoms. The topological polar surface area (TPSA) is 84.1 Å². The second kappa shape index (κ2) is 6.88. The van der Waals surface area contributed by atoms with Crippen LogP contribution in [-0.2, 0) is 9.53 Å². The van der Waals surface area contributed by atoms with E-state index in [1.165, 1.54) is 0 Å². The van der Waals surface area contributed by atoms with Crippen molar-refractivity contribution < 1.29 is 9.53 Å². The maximum Gasteiger partial charge on any atom is 0.305 e. The number of rotatable bonds is 6. The van der Waals surface area contributed by atoms with Gasteiger partial charge in [0.05, 0.1) is 17.5 Å². The second-order valence-corrected chi connectivity index (χ2v) is 4.82. The molecule has 1 unspecified atom stereocenters. The quantitative estimate of drug-likeness (QED) is 0.795. The Morgan fingerprint density at radius 3 is 2.95 bits per heavy atom. The number of para-hydroxylation sites is 1. The standard InChI is InChI=1S/C15H19N3O3/c1-3-21-13(19)9-8-10(2)16-15-17-12-7-5-4-6-11(12)14(20)18-15/h4-7,10H,3,8-9H2,1-2H3,(H2,16,17,18,20). The first kappa shape index (κ1) is 15.0. The van der Waals surface area contributed by atoms with Crippen LogP contribution in [0.4, 0.5) is 5.95 Å². The van der Waals surface area contributed by atoms with E-state index in [1.54, 1.807) is 25.1 Å². The van der Waals surface area contributed by atoms with Crippen molar-refractivity contribution in [3.8, 4) is 0 Å². The molecule has 0 radical (unpaired) electrons. The Hall–Kier alpha value is -2.37. The molecule has 1 aromatic heterocycles. The number of fused-ring (bicyclic) bond motifs is 1. The molecular weight excluding hydrogens is 270 g/mol. The van der Waals surface area contributed by atoms with Gasteiger partial charge in [0, 0.05) is 12.5 Å². The van der Waals surface area contributed by atoms with E-state index in [1.807, 2.05) is 13.0 Å². The first-order valence-corrected chi connectivity index (χ1v) is 7.01. The third-order valence-electron chi connectivity index (χ3n) is 3.08. The molecule has 0 saturated carbocycles. The van der Waals surface area contributed by atoms with Gasteiger partial charge in [-0.3, -0.25) is 14.6 Å². The summed E-state index contributed by atoms with van der Waals surface area (Å²) in [4.78, 5) is 30.3. The number of carbonyl (C=O) groups excluding carboxylic acids is 1. The van der Waals surface area contributed by atoms with Gasteiger partial charge in [-0.15, -0.1) is 0 Å². The Balaban J connectivity index is 2.02. The van der Waals surface area contributed by atoms with Gasteiger partial charge in [0.25, 0.3) is 5.56 Å². The maximum absolute atomic E-state index is 11.9. The van der Waals surface area contributed by atoms with E-state index in [2.05, 4.69) is 15.3 Å². The third kappa shape index (κ3) is 4.05. The normalized spacial score (nSPS) is 12.1. The van der Waals surface area contributed by atoms with E-state index < -0.39 is 0 Å². The molecule has 0 amide bonds. The Bertz CT molecular complexity index is 681. The average Bonchev–Trinajstić information content (AvgIpc) is 2.45. The van der Waals surface area contributed by atoms with E-state index in [-0.39, 0.29) is 17.6 Å². The summed E-state index contributed by atoms with van der Waals surface area (Å²) in [6.45, 7) is 4.10. The summed E-state index contributed by atoms with van der Waals surface area (Å²) in [7, 11) is 0. The SMILES string of the molecule is CCOC(=O)CCC(C)Nc1nc2ccccc2c(=O)[nH]1. The fourth-order valence-corrected chi connectivity index (χ4v) is 2.03. The predicted molar refractivity (Wildman–Crippen MR) is 81.3 cm³/mol. The number of hydrogen-bond donors (Lipinski definition) is 2. The lowest BCUT2D eigenvalue weighted by Gasteiger charge is -2.13. The number of ether oxygens (including phenoxy) is 1. The molecule has 6 nitrogen and oxygen atoms in total. The third-order valence-corrected chi connectivity index (χ3v) is 3.08. The van der Waals surface area contributed by atoms with E-state index in [4.69, 9.17) is 4.74 Å². The van der Waals surface area contributed by atoms with Crippen molar-refractivity contribution >= 4 is 22.8 Å². The zero-order valence-corrected chi connectivity index (χ0v) is 12.2. The van der Waals surface area contributed by atoms with Crippen LogP contribution in [0, 0.1) is 0 Å². The minimum Gasteiger partial charge on any atom is -0.466 e. The minimum atomic E-state index is -0.217. The average molecular weight is 289 g/mol. The van der Waals surface area contributed by atoms with Gasteiger partial charge in [0.1, 0.15) is 0 Å². The highest BCUT2D eigenvalue weighted by molar-refractivity contribution is 5.78. The number of hydrogen-bond acceptors (Lipinski definition) is 5. The molecule has 2 rings (SSSR count). The molecule has 0 aliphatic carbocycles. The molecule has 0 saturated heterocycles. The van der Waals surface area contributed by atoms with Gasteiger partial charge in [0.2, 0.25) is 5.95 Å². The number of benzene rings is 1. The first-order chi connectivity index (χ1) is 10.1. The van der Waals surface area contributed by atoms with Crippen LogP contribution < -0.4 is 10.9 Å². The second-order valence-electron chi connectivity index (χ2n) is 4.82. The van der Waals surface area contributed by atoms with Gasteiger partial charge in [-0.05, 0) is 32.4 Å². The molecule has 0 aliphatic heterocycles. The maximum atomic E-state index is 11.9. The van der Waals surface area contributed by atoms with Crippen LogP contribution in [0.5, 0.6) is 0 Å².